The lowest BCUT2D eigenvalue weighted by atomic mass is 10.0. The zero-order valence-corrected chi connectivity index (χ0v) is 26.6. The molecule has 2 aliphatic heterocycles. The van der Waals surface area contributed by atoms with Crippen LogP contribution in [0, 0.1) is 0 Å². The summed E-state index contributed by atoms with van der Waals surface area (Å²) >= 11 is 0. The van der Waals surface area contributed by atoms with Gasteiger partial charge in [0.25, 0.3) is 17.4 Å². The zero-order chi connectivity index (χ0) is 34.4. The van der Waals surface area contributed by atoms with Crippen molar-refractivity contribution in [3.8, 4) is 28.7 Å². The first-order valence-corrected chi connectivity index (χ1v) is 15.2. The third kappa shape index (κ3) is 5.52. The highest BCUT2D eigenvalue weighted by molar-refractivity contribution is 6.15. The van der Waals surface area contributed by atoms with E-state index in [9.17, 15) is 24.0 Å². The van der Waals surface area contributed by atoms with Gasteiger partial charge in [-0.25, -0.2) is 4.79 Å². The van der Waals surface area contributed by atoms with Crippen LogP contribution in [0.15, 0.2) is 71.7 Å². The van der Waals surface area contributed by atoms with E-state index in [1.807, 2.05) is 0 Å². The van der Waals surface area contributed by atoms with Gasteiger partial charge in [0, 0.05) is 67.6 Å². The Kier molecular flexibility index (Phi) is 7.82. The van der Waals surface area contributed by atoms with Crippen molar-refractivity contribution < 1.29 is 42.9 Å². The summed E-state index contributed by atoms with van der Waals surface area (Å²) in [5.41, 5.74) is 1.15. The minimum Gasteiger partial charge on any atom is -0.493 e. The summed E-state index contributed by atoms with van der Waals surface area (Å²) in [4.78, 5) is 70.1. The summed E-state index contributed by atoms with van der Waals surface area (Å²) in [7, 11) is 4.51. The lowest BCUT2D eigenvalue weighted by Crippen LogP contribution is -2.31. The lowest BCUT2D eigenvalue weighted by molar-refractivity contribution is -0.139. The van der Waals surface area contributed by atoms with Crippen LogP contribution < -0.4 is 34.1 Å². The number of carbonyl (C=O) groups excluding carboxylic acids is 4. The van der Waals surface area contributed by atoms with Crippen molar-refractivity contribution in [3.63, 3.8) is 0 Å². The number of pyridine rings is 2. The second kappa shape index (κ2) is 12.3. The molecule has 248 valence electrons. The summed E-state index contributed by atoms with van der Waals surface area (Å²) in [6.07, 6.45) is 3.30. The van der Waals surface area contributed by atoms with Gasteiger partial charge >= 0.3 is 12.1 Å². The van der Waals surface area contributed by atoms with Crippen LogP contribution in [0.1, 0.15) is 12.8 Å². The molecule has 0 aliphatic carbocycles. The number of methoxy groups -OCH3 is 1. The minimum atomic E-state index is -0.846. The highest BCUT2D eigenvalue weighted by atomic mass is 16.7. The number of anilines is 1. The van der Waals surface area contributed by atoms with Crippen molar-refractivity contribution >= 4 is 62.1 Å². The number of imide groups is 1. The van der Waals surface area contributed by atoms with E-state index in [1.54, 1.807) is 49.6 Å². The molecule has 7 rings (SSSR count). The molecule has 3 aromatic carbocycles. The molecule has 4 heterocycles. The van der Waals surface area contributed by atoms with Crippen LogP contribution in [0.25, 0.3) is 32.6 Å². The molecule has 49 heavy (non-hydrogen) atoms. The highest BCUT2D eigenvalue weighted by Gasteiger charge is 2.25. The second-order valence-electron chi connectivity index (χ2n) is 11.3. The van der Waals surface area contributed by atoms with Gasteiger partial charge in [-0.1, -0.05) is 12.1 Å². The van der Waals surface area contributed by atoms with E-state index in [4.69, 9.17) is 23.7 Å². The van der Waals surface area contributed by atoms with Crippen molar-refractivity contribution in [2.75, 3.05) is 32.4 Å². The summed E-state index contributed by atoms with van der Waals surface area (Å²) < 4.78 is 29.4. The van der Waals surface area contributed by atoms with Crippen LogP contribution in [0.5, 0.6) is 28.7 Å². The van der Waals surface area contributed by atoms with Crippen LogP contribution >= 0.6 is 0 Å². The number of nitrogens with zero attached hydrogens (tertiary/aromatic N) is 4. The Morgan fingerprint density at radius 2 is 1.59 bits per heavy atom. The molecule has 14 nitrogen and oxygen atoms in total. The number of hydrogen-bond donors (Lipinski definition) is 0. The summed E-state index contributed by atoms with van der Waals surface area (Å²) in [6, 6.07) is 13.0. The first-order valence-electron chi connectivity index (χ1n) is 15.2. The lowest BCUT2D eigenvalue weighted by Gasteiger charge is -2.21. The molecule has 0 atom stereocenters. The molecule has 0 saturated carbocycles. The van der Waals surface area contributed by atoms with Gasteiger partial charge in [0.15, 0.2) is 28.7 Å². The van der Waals surface area contributed by atoms with E-state index in [-0.39, 0.29) is 60.1 Å². The summed E-state index contributed by atoms with van der Waals surface area (Å²) in [5.74, 6) is -0.0636. The average Bonchev–Trinajstić information content (AvgIpc) is 3.70. The SMILES string of the molecule is COc1cc2c(cc1OC(=O)N(C)c1ccccc1OC(=O)CCCN1C(=O)C=CC1=O)c(=O)n(C)c1c3cc4c(cc3ncc21)OCO4. The van der Waals surface area contributed by atoms with Crippen LogP contribution in [0.2, 0.25) is 0 Å². The van der Waals surface area contributed by atoms with Gasteiger partial charge in [-0.15, -0.1) is 0 Å². The van der Waals surface area contributed by atoms with Gasteiger partial charge < -0.3 is 28.3 Å². The van der Waals surface area contributed by atoms with E-state index < -0.39 is 23.9 Å². The smallest absolute Gasteiger partial charge is 0.419 e. The van der Waals surface area contributed by atoms with E-state index in [2.05, 4.69) is 4.98 Å². The minimum absolute atomic E-state index is 0.00427. The summed E-state index contributed by atoms with van der Waals surface area (Å²) in [6.45, 7) is 0.167. The molecule has 14 heteroatoms. The molecule has 2 aromatic heterocycles. The van der Waals surface area contributed by atoms with Gasteiger partial charge in [0.1, 0.15) is 0 Å². The number of ether oxygens (including phenoxy) is 5. The number of hydrogen-bond acceptors (Lipinski definition) is 11. The average molecular weight is 665 g/mol. The molecule has 0 spiro atoms. The predicted octanol–water partition coefficient (Wildman–Crippen LogP) is 4.22. The standard InChI is InChI=1S/C35H28N4O10/c1-37(24-7-4-5-8-25(24)48-32(42)9-6-12-39-30(40)10-11-31(39)41)35(44)49-29-14-20-19(13-26(29)45-3)22-17-36-23-16-28-27(46-18-47-28)15-21(23)33(22)38(2)34(20)43/h4-5,7-8,10-11,13-17H,6,9,12,18H2,1-3H3. The third-order valence-electron chi connectivity index (χ3n) is 8.38. The van der Waals surface area contributed by atoms with E-state index in [0.29, 0.717) is 38.7 Å². The van der Waals surface area contributed by atoms with Crippen molar-refractivity contribution in [1.82, 2.24) is 14.5 Å². The largest absolute Gasteiger partial charge is 0.493 e. The number of para-hydroxylation sites is 2. The fraction of sp³-hybridized carbons (Fsp3) is 0.200. The Morgan fingerprint density at radius 3 is 2.35 bits per heavy atom. The maximum absolute atomic E-state index is 13.7. The van der Waals surface area contributed by atoms with Crippen LogP contribution in [0.4, 0.5) is 10.5 Å². The van der Waals surface area contributed by atoms with Crippen LogP contribution in [-0.4, -0.2) is 65.8 Å². The topological polar surface area (TPSA) is 156 Å². The Balaban J connectivity index is 1.14. The second-order valence-corrected chi connectivity index (χ2v) is 11.3. The van der Waals surface area contributed by atoms with E-state index in [0.717, 1.165) is 9.80 Å². The van der Waals surface area contributed by atoms with Crippen molar-refractivity contribution in [1.29, 1.82) is 0 Å². The normalized spacial score (nSPS) is 13.5. The number of benzene rings is 3. The highest BCUT2D eigenvalue weighted by Crippen LogP contribution is 2.40. The molecule has 0 unspecified atom stereocenters. The molecule has 2 aliphatic rings. The monoisotopic (exact) mass is 664 g/mol. The number of carbonyl (C=O) groups is 4. The van der Waals surface area contributed by atoms with E-state index in [1.165, 1.54) is 43.0 Å². The van der Waals surface area contributed by atoms with Gasteiger partial charge in [-0.2, -0.15) is 0 Å². The fourth-order valence-corrected chi connectivity index (χ4v) is 5.90. The molecule has 0 saturated heterocycles. The molecular formula is C35H28N4O10. The van der Waals surface area contributed by atoms with Crippen molar-refractivity contribution in [2.24, 2.45) is 7.05 Å². The first kappa shape index (κ1) is 31.2. The number of aryl methyl sites for hydroxylation is 1. The van der Waals surface area contributed by atoms with Gasteiger partial charge in [0.2, 0.25) is 6.79 Å². The van der Waals surface area contributed by atoms with Gasteiger partial charge in [0.05, 0.1) is 29.2 Å². The van der Waals surface area contributed by atoms with E-state index >= 15 is 0 Å². The number of esters is 1. The molecule has 5 aromatic rings. The van der Waals surface area contributed by atoms with Crippen LogP contribution in [0.3, 0.4) is 0 Å². The molecule has 0 fully saturated rings. The molecule has 3 amide bonds. The quantitative estimate of drug-likeness (QED) is 0.101. The zero-order valence-electron chi connectivity index (χ0n) is 26.6. The van der Waals surface area contributed by atoms with Crippen molar-refractivity contribution in [3.05, 3.63) is 77.2 Å². The van der Waals surface area contributed by atoms with Gasteiger partial charge in [-0.05, 0) is 36.8 Å². The maximum Gasteiger partial charge on any atom is 0.419 e. The van der Waals surface area contributed by atoms with Gasteiger partial charge in [-0.3, -0.25) is 34.0 Å². The summed E-state index contributed by atoms with van der Waals surface area (Å²) in [5, 5.41) is 2.18. The molecule has 0 radical (unpaired) electrons. The third-order valence-corrected chi connectivity index (χ3v) is 8.38. The Labute approximate surface area is 277 Å². The Bertz CT molecular complexity index is 2310. The predicted molar refractivity (Wildman–Crippen MR) is 176 cm³/mol. The Morgan fingerprint density at radius 1 is 0.878 bits per heavy atom. The molecule has 0 N–H and O–H groups in total. The number of rotatable bonds is 8. The maximum atomic E-state index is 13.7. The number of amides is 3. The molecule has 0 bridgehead atoms. The van der Waals surface area contributed by atoms with Crippen LogP contribution in [-0.2, 0) is 21.4 Å². The number of fused-ring (bicyclic) bond motifs is 6. The fourth-order valence-electron chi connectivity index (χ4n) is 5.90. The first-order chi connectivity index (χ1) is 23.6. The van der Waals surface area contributed by atoms with Crippen molar-refractivity contribution in [2.45, 2.75) is 12.8 Å². The Hall–Kier alpha value is -6.44. The number of aromatic nitrogens is 2. The molecular weight excluding hydrogens is 636 g/mol.